The Hall–Kier alpha value is -2.61. The molecule has 0 aliphatic rings. The number of nitrogens with zero attached hydrogens (tertiary/aromatic N) is 1. The first kappa shape index (κ1) is 18.7. The molecular weight excluding hydrogens is 343 g/mol. The van der Waals surface area contributed by atoms with Crippen LogP contribution in [0.1, 0.15) is 11.1 Å². The standard InChI is InChI=1S/C17H21FN4O2S/c1-19-17(20-11-13-7-3-5-9-15(13)18)21-12-14-8-4-6-10-16(14)22-25(2,23)24/h3-10,22H,11-12H2,1-2H3,(H2,19,20,21). The lowest BCUT2D eigenvalue weighted by molar-refractivity contribution is 0.604. The molecule has 3 N–H and O–H groups in total. The van der Waals surface area contributed by atoms with Crippen LogP contribution in [0.5, 0.6) is 0 Å². The normalized spacial score (nSPS) is 11.9. The number of guanidine groups is 1. The van der Waals surface area contributed by atoms with Crippen LogP contribution in [0.25, 0.3) is 0 Å². The lowest BCUT2D eigenvalue weighted by Gasteiger charge is -2.15. The summed E-state index contributed by atoms with van der Waals surface area (Å²) in [5.41, 5.74) is 1.80. The van der Waals surface area contributed by atoms with Crippen LogP contribution >= 0.6 is 0 Å². The number of hydrogen-bond acceptors (Lipinski definition) is 3. The van der Waals surface area contributed by atoms with E-state index in [1.54, 1.807) is 37.4 Å². The molecule has 0 amide bonds. The van der Waals surface area contributed by atoms with Gasteiger partial charge in [0, 0.05) is 25.7 Å². The molecule has 0 aliphatic carbocycles. The number of nitrogens with one attached hydrogen (secondary N) is 3. The van der Waals surface area contributed by atoms with Crippen LogP contribution in [0.15, 0.2) is 53.5 Å². The number of anilines is 1. The quantitative estimate of drug-likeness (QED) is 0.541. The van der Waals surface area contributed by atoms with E-state index in [0.29, 0.717) is 23.8 Å². The van der Waals surface area contributed by atoms with Gasteiger partial charge < -0.3 is 10.6 Å². The Morgan fingerprint density at radius 1 is 1.00 bits per heavy atom. The highest BCUT2D eigenvalue weighted by Gasteiger charge is 2.08. The third-order valence-electron chi connectivity index (χ3n) is 3.39. The molecule has 0 bridgehead atoms. The molecule has 0 unspecified atom stereocenters. The van der Waals surface area contributed by atoms with Crippen LogP contribution in [0, 0.1) is 5.82 Å². The Labute approximate surface area is 147 Å². The molecule has 6 nitrogen and oxygen atoms in total. The molecule has 25 heavy (non-hydrogen) atoms. The average molecular weight is 364 g/mol. The van der Waals surface area contributed by atoms with Crippen LogP contribution < -0.4 is 15.4 Å². The Morgan fingerprint density at radius 2 is 1.56 bits per heavy atom. The summed E-state index contributed by atoms with van der Waals surface area (Å²) in [5.74, 6) is 0.200. The van der Waals surface area contributed by atoms with Gasteiger partial charge in [0.05, 0.1) is 11.9 Å². The predicted molar refractivity (Wildman–Crippen MR) is 98.3 cm³/mol. The minimum Gasteiger partial charge on any atom is -0.352 e. The molecule has 0 saturated carbocycles. The van der Waals surface area contributed by atoms with Crippen molar-refractivity contribution in [2.24, 2.45) is 4.99 Å². The zero-order chi connectivity index (χ0) is 18.3. The van der Waals surface area contributed by atoms with Crippen molar-refractivity contribution >= 4 is 21.7 Å². The van der Waals surface area contributed by atoms with E-state index in [1.165, 1.54) is 6.07 Å². The number of sulfonamides is 1. The summed E-state index contributed by atoms with van der Waals surface area (Å²) < 4.78 is 39.0. The van der Waals surface area contributed by atoms with E-state index in [-0.39, 0.29) is 12.4 Å². The Morgan fingerprint density at radius 3 is 2.16 bits per heavy atom. The van der Waals surface area contributed by atoms with Gasteiger partial charge in [0.15, 0.2) is 5.96 Å². The average Bonchev–Trinajstić information content (AvgIpc) is 2.56. The van der Waals surface area contributed by atoms with Crippen molar-refractivity contribution in [2.75, 3.05) is 18.0 Å². The highest BCUT2D eigenvalue weighted by molar-refractivity contribution is 7.92. The van der Waals surface area contributed by atoms with E-state index in [9.17, 15) is 12.8 Å². The van der Waals surface area contributed by atoms with Crippen molar-refractivity contribution in [3.63, 3.8) is 0 Å². The second-order valence-electron chi connectivity index (χ2n) is 5.40. The molecular formula is C17H21FN4O2S. The zero-order valence-corrected chi connectivity index (χ0v) is 14.9. The van der Waals surface area contributed by atoms with Crippen LogP contribution in [-0.4, -0.2) is 27.7 Å². The summed E-state index contributed by atoms with van der Waals surface area (Å²) in [6.07, 6.45) is 1.10. The maximum absolute atomic E-state index is 13.6. The molecule has 8 heteroatoms. The first-order valence-corrected chi connectivity index (χ1v) is 9.52. The summed E-state index contributed by atoms with van der Waals surface area (Å²) in [6.45, 7) is 0.644. The van der Waals surface area contributed by atoms with Gasteiger partial charge in [-0.25, -0.2) is 12.8 Å². The molecule has 0 atom stereocenters. The summed E-state index contributed by atoms with van der Waals surface area (Å²) in [4.78, 5) is 4.09. The Bertz CT molecular complexity index is 853. The predicted octanol–water partition coefficient (Wildman–Crippen LogP) is 2.06. The number of para-hydroxylation sites is 1. The van der Waals surface area contributed by atoms with Crippen LogP contribution in [0.3, 0.4) is 0 Å². The topological polar surface area (TPSA) is 82.6 Å². The lowest BCUT2D eigenvalue weighted by atomic mass is 10.2. The fourth-order valence-corrected chi connectivity index (χ4v) is 2.79. The zero-order valence-electron chi connectivity index (χ0n) is 14.1. The molecule has 0 fully saturated rings. The van der Waals surface area contributed by atoms with Gasteiger partial charge in [-0.2, -0.15) is 0 Å². The molecule has 0 saturated heterocycles. The minimum atomic E-state index is -3.36. The maximum Gasteiger partial charge on any atom is 0.229 e. The van der Waals surface area contributed by atoms with Crippen LogP contribution in [-0.2, 0) is 23.1 Å². The summed E-state index contributed by atoms with van der Waals surface area (Å²) in [5, 5.41) is 6.11. The van der Waals surface area contributed by atoms with E-state index in [2.05, 4.69) is 20.3 Å². The molecule has 0 radical (unpaired) electrons. The van der Waals surface area contributed by atoms with Crippen LogP contribution in [0.4, 0.5) is 10.1 Å². The molecule has 0 aromatic heterocycles. The number of hydrogen-bond donors (Lipinski definition) is 3. The van der Waals surface area contributed by atoms with Gasteiger partial charge >= 0.3 is 0 Å². The summed E-state index contributed by atoms with van der Waals surface area (Å²) in [7, 11) is -1.75. The van der Waals surface area contributed by atoms with Crippen LogP contribution in [0.2, 0.25) is 0 Å². The molecule has 0 aliphatic heterocycles. The number of halogens is 1. The summed E-state index contributed by atoms with van der Waals surface area (Å²) >= 11 is 0. The van der Waals surface area contributed by atoms with E-state index in [1.807, 2.05) is 12.1 Å². The van der Waals surface area contributed by atoms with E-state index in [0.717, 1.165) is 11.8 Å². The van der Waals surface area contributed by atoms with Crippen molar-refractivity contribution in [1.82, 2.24) is 10.6 Å². The molecule has 2 rings (SSSR count). The first-order valence-electron chi connectivity index (χ1n) is 7.62. The minimum absolute atomic E-state index is 0.284. The van der Waals surface area contributed by atoms with Crippen molar-refractivity contribution < 1.29 is 12.8 Å². The Balaban J connectivity index is 1.99. The number of benzene rings is 2. The smallest absolute Gasteiger partial charge is 0.229 e. The van der Waals surface area contributed by atoms with Gasteiger partial charge in [-0.05, 0) is 17.7 Å². The van der Waals surface area contributed by atoms with Crippen molar-refractivity contribution in [2.45, 2.75) is 13.1 Å². The fraction of sp³-hybridized carbons (Fsp3) is 0.235. The molecule has 0 spiro atoms. The largest absolute Gasteiger partial charge is 0.352 e. The van der Waals surface area contributed by atoms with Gasteiger partial charge in [0.25, 0.3) is 0 Å². The van der Waals surface area contributed by atoms with Gasteiger partial charge in [-0.15, -0.1) is 0 Å². The Kier molecular flexibility index (Phi) is 6.35. The van der Waals surface area contributed by atoms with Gasteiger partial charge in [0.1, 0.15) is 5.82 Å². The number of rotatable bonds is 6. The maximum atomic E-state index is 13.6. The lowest BCUT2D eigenvalue weighted by Crippen LogP contribution is -2.36. The van der Waals surface area contributed by atoms with Crippen molar-refractivity contribution in [3.8, 4) is 0 Å². The SMILES string of the molecule is CN=C(NCc1ccccc1F)NCc1ccccc1NS(C)(=O)=O. The van der Waals surface area contributed by atoms with E-state index in [4.69, 9.17) is 0 Å². The molecule has 2 aromatic carbocycles. The first-order chi connectivity index (χ1) is 11.9. The molecule has 134 valence electrons. The van der Waals surface area contributed by atoms with Crippen molar-refractivity contribution in [1.29, 1.82) is 0 Å². The second-order valence-corrected chi connectivity index (χ2v) is 7.15. The van der Waals surface area contributed by atoms with E-state index >= 15 is 0 Å². The highest BCUT2D eigenvalue weighted by Crippen LogP contribution is 2.15. The van der Waals surface area contributed by atoms with E-state index < -0.39 is 10.0 Å². The second kappa shape index (κ2) is 8.48. The van der Waals surface area contributed by atoms with Gasteiger partial charge in [-0.1, -0.05) is 36.4 Å². The van der Waals surface area contributed by atoms with Gasteiger partial charge in [-0.3, -0.25) is 9.71 Å². The molecule has 2 aromatic rings. The summed E-state index contributed by atoms with van der Waals surface area (Å²) in [6, 6.07) is 13.6. The van der Waals surface area contributed by atoms with Crippen molar-refractivity contribution in [3.05, 3.63) is 65.5 Å². The fourth-order valence-electron chi connectivity index (χ4n) is 2.19. The highest BCUT2D eigenvalue weighted by atomic mass is 32.2. The monoisotopic (exact) mass is 364 g/mol. The third kappa shape index (κ3) is 6.07. The molecule has 0 heterocycles. The number of aliphatic imine (C=N–C) groups is 1. The third-order valence-corrected chi connectivity index (χ3v) is 3.98. The van der Waals surface area contributed by atoms with Gasteiger partial charge in [0.2, 0.25) is 10.0 Å².